The molecule has 54 heavy (non-hydrogen) atoms. The number of furan rings is 1. The molecule has 0 fully saturated rings. The molecule has 0 aliphatic carbocycles. The summed E-state index contributed by atoms with van der Waals surface area (Å²) in [5, 5.41) is 4.59. The third-order valence-electron chi connectivity index (χ3n) is 10.5. The van der Waals surface area contributed by atoms with Crippen LogP contribution in [0.4, 0.5) is 17.1 Å². The number of fused-ring (bicyclic) bond motifs is 4. The third kappa shape index (κ3) is 5.81. The molecule has 0 N–H and O–H groups in total. The lowest BCUT2D eigenvalue weighted by atomic mass is 9.97. The molecule has 0 bridgehead atoms. The Bertz CT molecular complexity index is 2880. The molecule has 10 rings (SSSR count). The molecule has 1 aromatic heterocycles. The highest BCUT2D eigenvalue weighted by Gasteiger charge is 2.21. The Morgan fingerprint density at radius 1 is 0.296 bits per heavy atom. The molecule has 254 valence electrons. The molecular formula is C52H35NO. The Morgan fingerprint density at radius 3 is 1.17 bits per heavy atom. The molecule has 0 aliphatic rings. The lowest BCUT2D eigenvalue weighted by Gasteiger charge is -2.28. The van der Waals surface area contributed by atoms with Gasteiger partial charge in [0.2, 0.25) is 0 Å². The van der Waals surface area contributed by atoms with Crippen LogP contribution in [0, 0.1) is 0 Å². The van der Waals surface area contributed by atoms with Crippen LogP contribution in [-0.4, -0.2) is 0 Å². The molecule has 0 atom stereocenters. The van der Waals surface area contributed by atoms with Crippen LogP contribution in [0.5, 0.6) is 0 Å². The van der Waals surface area contributed by atoms with Gasteiger partial charge in [-0.1, -0.05) is 164 Å². The lowest BCUT2D eigenvalue weighted by molar-refractivity contribution is 0.669. The van der Waals surface area contributed by atoms with Crippen molar-refractivity contribution >= 4 is 49.8 Å². The van der Waals surface area contributed by atoms with E-state index in [-0.39, 0.29) is 0 Å². The predicted octanol–water partition coefficient (Wildman–Crippen LogP) is 14.9. The highest BCUT2D eigenvalue weighted by Crippen LogP contribution is 2.46. The first-order valence-corrected chi connectivity index (χ1v) is 18.4. The normalized spacial score (nSPS) is 11.3. The fourth-order valence-electron chi connectivity index (χ4n) is 7.68. The summed E-state index contributed by atoms with van der Waals surface area (Å²) in [7, 11) is 0. The first kappa shape index (κ1) is 31.6. The number of anilines is 3. The number of hydrogen-bond donors (Lipinski definition) is 0. The molecule has 0 aliphatic heterocycles. The van der Waals surface area contributed by atoms with Crippen LogP contribution in [0.2, 0.25) is 0 Å². The summed E-state index contributed by atoms with van der Waals surface area (Å²) in [6.45, 7) is 0. The van der Waals surface area contributed by atoms with E-state index in [4.69, 9.17) is 4.42 Å². The molecule has 0 saturated heterocycles. The van der Waals surface area contributed by atoms with Gasteiger partial charge >= 0.3 is 0 Å². The summed E-state index contributed by atoms with van der Waals surface area (Å²) in [6, 6.07) is 75.8. The van der Waals surface area contributed by atoms with Gasteiger partial charge in [-0.15, -0.1) is 0 Å². The quantitative estimate of drug-likeness (QED) is 0.166. The van der Waals surface area contributed by atoms with Gasteiger partial charge in [0.25, 0.3) is 0 Å². The van der Waals surface area contributed by atoms with Crippen LogP contribution >= 0.6 is 0 Å². The number of benzene rings is 9. The molecule has 0 spiro atoms. The van der Waals surface area contributed by atoms with Gasteiger partial charge in [-0.2, -0.15) is 0 Å². The molecule has 0 saturated carbocycles. The van der Waals surface area contributed by atoms with Crippen molar-refractivity contribution in [3.63, 3.8) is 0 Å². The Balaban J connectivity index is 1.14. The molecule has 1 heterocycles. The first-order valence-electron chi connectivity index (χ1n) is 18.4. The summed E-state index contributed by atoms with van der Waals surface area (Å²) >= 11 is 0. The molecule has 9 aromatic carbocycles. The van der Waals surface area contributed by atoms with Gasteiger partial charge in [-0.05, 0) is 92.2 Å². The average molecular weight is 690 g/mol. The van der Waals surface area contributed by atoms with Gasteiger partial charge in [0, 0.05) is 33.8 Å². The van der Waals surface area contributed by atoms with Gasteiger partial charge in [0.15, 0.2) is 0 Å². The fourth-order valence-corrected chi connectivity index (χ4v) is 7.68. The van der Waals surface area contributed by atoms with Crippen LogP contribution in [0.15, 0.2) is 217 Å². The van der Waals surface area contributed by atoms with E-state index in [1.807, 2.05) is 0 Å². The SMILES string of the molecule is c1ccc(-c2ccc(-c3ccc(N(c4ccc(-c5ccccc5)cc4)c4cc5oc6cc7ccccc7cc6c5cc4-c4ccccc4)cc3)cc2)cc1. The van der Waals surface area contributed by atoms with E-state index in [9.17, 15) is 0 Å². The fraction of sp³-hybridized carbons (Fsp3) is 0. The van der Waals surface area contributed by atoms with Crippen LogP contribution in [-0.2, 0) is 0 Å². The van der Waals surface area contributed by atoms with Crippen molar-refractivity contribution in [3.05, 3.63) is 212 Å². The van der Waals surface area contributed by atoms with E-state index < -0.39 is 0 Å². The van der Waals surface area contributed by atoms with Crippen molar-refractivity contribution in [1.82, 2.24) is 0 Å². The van der Waals surface area contributed by atoms with Gasteiger partial charge in [0.1, 0.15) is 11.2 Å². The largest absolute Gasteiger partial charge is 0.456 e. The van der Waals surface area contributed by atoms with Crippen LogP contribution in [0.25, 0.3) is 77.2 Å². The Morgan fingerprint density at radius 2 is 0.667 bits per heavy atom. The zero-order valence-corrected chi connectivity index (χ0v) is 29.6. The summed E-state index contributed by atoms with van der Waals surface area (Å²) in [5.41, 5.74) is 14.3. The number of nitrogens with zero attached hydrogens (tertiary/aromatic N) is 1. The highest BCUT2D eigenvalue weighted by atomic mass is 16.3. The molecule has 0 radical (unpaired) electrons. The van der Waals surface area contributed by atoms with E-state index in [1.165, 1.54) is 44.2 Å². The Labute approximate surface area is 314 Å². The summed E-state index contributed by atoms with van der Waals surface area (Å²) < 4.78 is 6.68. The lowest BCUT2D eigenvalue weighted by Crippen LogP contribution is -2.11. The molecule has 0 unspecified atom stereocenters. The van der Waals surface area contributed by atoms with Crippen molar-refractivity contribution in [2.45, 2.75) is 0 Å². The molecular weight excluding hydrogens is 655 g/mol. The molecule has 2 heteroatoms. The van der Waals surface area contributed by atoms with Crippen molar-refractivity contribution in [1.29, 1.82) is 0 Å². The van der Waals surface area contributed by atoms with Crippen molar-refractivity contribution in [2.24, 2.45) is 0 Å². The predicted molar refractivity (Wildman–Crippen MR) is 228 cm³/mol. The van der Waals surface area contributed by atoms with Crippen LogP contribution < -0.4 is 4.90 Å². The monoisotopic (exact) mass is 689 g/mol. The van der Waals surface area contributed by atoms with Gasteiger partial charge in [-0.3, -0.25) is 0 Å². The van der Waals surface area contributed by atoms with E-state index in [0.717, 1.165) is 50.1 Å². The van der Waals surface area contributed by atoms with E-state index in [0.29, 0.717) is 0 Å². The maximum Gasteiger partial charge on any atom is 0.137 e. The third-order valence-corrected chi connectivity index (χ3v) is 10.5. The van der Waals surface area contributed by atoms with E-state index in [1.54, 1.807) is 0 Å². The maximum absolute atomic E-state index is 6.68. The minimum Gasteiger partial charge on any atom is -0.456 e. The van der Waals surface area contributed by atoms with Gasteiger partial charge in [-0.25, -0.2) is 0 Å². The summed E-state index contributed by atoms with van der Waals surface area (Å²) in [6.07, 6.45) is 0. The summed E-state index contributed by atoms with van der Waals surface area (Å²) in [4.78, 5) is 2.36. The second-order valence-corrected chi connectivity index (χ2v) is 13.8. The van der Waals surface area contributed by atoms with Gasteiger partial charge in [0.05, 0.1) is 5.69 Å². The minimum absolute atomic E-state index is 0.857. The molecule has 0 amide bonds. The maximum atomic E-state index is 6.68. The molecule has 10 aromatic rings. The highest BCUT2D eigenvalue weighted by molar-refractivity contribution is 6.13. The van der Waals surface area contributed by atoms with Crippen molar-refractivity contribution in [2.75, 3.05) is 4.90 Å². The smallest absolute Gasteiger partial charge is 0.137 e. The van der Waals surface area contributed by atoms with E-state index in [2.05, 4.69) is 217 Å². The average Bonchev–Trinajstić information content (AvgIpc) is 3.60. The van der Waals surface area contributed by atoms with Crippen LogP contribution in [0.1, 0.15) is 0 Å². The standard InChI is InChI=1S/C52H35NO/c1-4-12-36(13-5-1)38-20-22-39(23-21-38)41-26-30-46(31-27-41)53(45-28-24-40(25-29-45)37-14-6-2-7-15-37)50-35-52-49(34-47(50)42-16-8-3-9-17-42)48-32-43-18-10-11-19-44(43)33-51(48)54-52/h1-35H. The van der Waals surface area contributed by atoms with E-state index >= 15 is 0 Å². The second kappa shape index (κ2) is 13.4. The van der Waals surface area contributed by atoms with Crippen LogP contribution in [0.3, 0.4) is 0 Å². The topological polar surface area (TPSA) is 16.4 Å². The molecule has 2 nitrogen and oxygen atoms in total. The first-order chi connectivity index (χ1) is 26.7. The zero-order valence-electron chi connectivity index (χ0n) is 29.6. The zero-order chi connectivity index (χ0) is 35.8. The Kier molecular flexibility index (Phi) is 7.85. The Hall–Kier alpha value is -7.16. The summed E-state index contributed by atoms with van der Waals surface area (Å²) in [5.74, 6) is 0. The number of hydrogen-bond acceptors (Lipinski definition) is 2. The minimum atomic E-state index is 0.857. The second-order valence-electron chi connectivity index (χ2n) is 13.8. The number of rotatable bonds is 7. The van der Waals surface area contributed by atoms with Crippen molar-refractivity contribution < 1.29 is 4.42 Å². The van der Waals surface area contributed by atoms with Crippen molar-refractivity contribution in [3.8, 4) is 44.5 Å². The van der Waals surface area contributed by atoms with Gasteiger partial charge < -0.3 is 9.32 Å².